The fourth-order valence-electron chi connectivity index (χ4n) is 4.31. The van der Waals surface area contributed by atoms with Gasteiger partial charge in [0.15, 0.2) is 11.5 Å². The summed E-state index contributed by atoms with van der Waals surface area (Å²) in [5.74, 6) is 1.63. The molecular formula is C27H26ClNO2. The van der Waals surface area contributed by atoms with Crippen LogP contribution in [0.5, 0.6) is 11.5 Å². The van der Waals surface area contributed by atoms with Crippen LogP contribution in [0.1, 0.15) is 17.2 Å². The third-order valence-corrected chi connectivity index (χ3v) is 5.82. The monoisotopic (exact) mass is 431 g/mol. The first-order valence-electron chi connectivity index (χ1n) is 10.4. The smallest absolute Gasteiger partial charge is 0.169 e. The van der Waals surface area contributed by atoms with Gasteiger partial charge in [-0.3, -0.25) is 4.90 Å². The molecule has 1 fully saturated rings. The van der Waals surface area contributed by atoms with Crippen LogP contribution in [0, 0.1) is 0 Å². The molecule has 0 amide bonds. The fourth-order valence-corrected chi connectivity index (χ4v) is 4.31. The minimum atomic E-state index is 0. The summed E-state index contributed by atoms with van der Waals surface area (Å²) in [5, 5.41) is 2.26. The van der Waals surface area contributed by atoms with Gasteiger partial charge in [0.05, 0.1) is 13.2 Å². The summed E-state index contributed by atoms with van der Waals surface area (Å²) in [7, 11) is 1.70. The van der Waals surface area contributed by atoms with Crippen molar-refractivity contribution in [2.24, 2.45) is 0 Å². The largest absolute Gasteiger partial charge is 0.493 e. The Bertz CT molecular complexity index is 1090. The van der Waals surface area contributed by atoms with E-state index in [0.717, 1.165) is 35.4 Å². The Balaban J connectivity index is 0.00000231. The third kappa shape index (κ3) is 4.25. The highest BCUT2D eigenvalue weighted by Crippen LogP contribution is 2.39. The minimum absolute atomic E-state index is 0. The predicted molar refractivity (Wildman–Crippen MR) is 128 cm³/mol. The van der Waals surface area contributed by atoms with Crippen molar-refractivity contribution in [3.05, 3.63) is 108 Å². The lowest BCUT2D eigenvalue weighted by molar-refractivity contribution is -0.0000782. The summed E-state index contributed by atoms with van der Waals surface area (Å²) in [6.07, 6.45) is 0.139. The molecule has 3 nitrogen and oxygen atoms in total. The van der Waals surface area contributed by atoms with E-state index >= 15 is 0 Å². The lowest BCUT2D eigenvalue weighted by atomic mass is 9.94. The maximum absolute atomic E-state index is 6.47. The number of ether oxygens (including phenoxy) is 2. The number of rotatable bonds is 6. The molecule has 1 heterocycles. The molecule has 158 valence electrons. The van der Waals surface area contributed by atoms with E-state index in [0.29, 0.717) is 0 Å². The summed E-state index contributed by atoms with van der Waals surface area (Å²) >= 11 is 0. The van der Waals surface area contributed by atoms with E-state index < -0.39 is 0 Å². The van der Waals surface area contributed by atoms with E-state index in [1.54, 1.807) is 7.11 Å². The molecule has 0 N–H and O–H groups in total. The summed E-state index contributed by atoms with van der Waals surface area (Å²) in [5.41, 5.74) is 2.62. The molecule has 0 radical (unpaired) electrons. The van der Waals surface area contributed by atoms with Crippen LogP contribution in [0.15, 0.2) is 97.1 Å². The van der Waals surface area contributed by atoms with Gasteiger partial charge in [-0.1, -0.05) is 91.0 Å². The van der Waals surface area contributed by atoms with Crippen molar-refractivity contribution in [3.63, 3.8) is 0 Å². The van der Waals surface area contributed by atoms with Gasteiger partial charge >= 0.3 is 0 Å². The van der Waals surface area contributed by atoms with E-state index in [1.807, 2.05) is 18.2 Å². The van der Waals surface area contributed by atoms with Crippen LogP contribution >= 0.6 is 12.4 Å². The second-order valence-electron chi connectivity index (χ2n) is 7.74. The maximum atomic E-state index is 6.47. The normalized spacial score (nSPS) is 14.1. The van der Waals surface area contributed by atoms with Crippen molar-refractivity contribution in [2.75, 3.05) is 20.2 Å². The molecule has 1 aliphatic rings. The van der Waals surface area contributed by atoms with Crippen molar-refractivity contribution < 1.29 is 9.47 Å². The number of halogens is 1. The quantitative estimate of drug-likeness (QED) is 0.367. The Kier molecular flexibility index (Phi) is 6.45. The van der Waals surface area contributed by atoms with Crippen molar-refractivity contribution in [1.82, 2.24) is 4.90 Å². The molecule has 0 aliphatic carbocycles. The zero-order chi connectivity index (χ0) is 20.3. The first kappa shape index (κ1) is 21.2. The molecule has 4 heteroatoms. The van der Waals surface area contributed by atoms with E-state index in [9.17, 15) is 0 Å². The van der Waals surface area contributed by atoms with Gasteiger partial charge in [-0.05, 0) is 22.6 Å². The van der Waals surface area contributed by atoms with Crippen molar-refractivity contribution >= 4 is 23.2 Å². The Hall–Kier alpha value is -3.01. The van der Waals surface area contributed by atoms with Gasteiger partial charge in [0, 0.05) is 18.5 Å². The van der Waals surface area contributed by atoms with Crippen molar-refractivity contribution in [2.45, 2.75) is 12.1 Å². The van der Waals surface area contributed by atoms with Crippen molar-refractivity contribution in [1.29, 1.82) is 0 Å². The third-order valence-electron chi connectivity index (χ3n) is 5.82. The van der Waals surface area contributed by atoms with Gasteiger partial charge in [-0.25, -0.2) is 0 Å². The Morgan fingerprint density at radius 2 is 1.32 bits per heavy atom. The first-order chi connectivity index (χ1) is 14.8. The number of fused-ring (bicyclic) bond motifs is 1. The summed E-state index contributed by atoms with van der Waals surface area (Å²) in [4.78, 5) is 2.48. The lowest BCUT2D eigenvalue weighted by Crippen LogP contribution is -2.55. The molecule has 31 heavy (non-hydrogen) atoms. The van der Waals surface area contributed by atoms with Gasteiger partial charge in [-0.15, -0.1) is 12.4 Å². The highest BCUT2D eigenvalue weighted by atomic mass is 35.5. The molecule has 0 unspecified atom stereocenters. The van der Waals surface area contributed by atoms with Crippen LogP contribution in [0.3, 0.4) is 0 Å². The van der Waals surface area contributed by atoms with Crippen LogP contribution in [0.2, 0.25) is 0 Å². The van der Waals surface area contributed by atoms with Gasteiger partial charge in [0.2, 0.25) is 0 Å². The summed E-state index contributed by atoms with van der Waals surface area (Å²) < 4.78 is 12.1. The average Bonchev–Trinajstić information content (AvgIpc) is 2.79. The highest BCUT2D eigenvalue weighted by molar-refractivity contribution is 5.90. The molecule has 0 spiro atoms. The van der Waals surface area contributed by atoms with Crippen LogP contribution in [-0.4, -0.2) is 31.2 Å². The Labute approximate surface area is 189 Å². The van der Waals surface area contributed by atoms with E-state index in [4.69, 9.17) is 9.47 Å². The Morgan fingerprint density at radius 3 is 1.94 bits per heavy atom. The molecule has 5 rings (SSSR count). The van der Waals surface area contributed by atoms with Crippen LogP contribution in [-0.2, 0) is 0 Å². The number of hydrogen-bond acceptors (Lipinski definition) is 3. The molecule has 0 atom stereocenters. The zero-order valence-electron chi connectivity index (χ0n) is 17.5. The average molecular weight is 432 g/mol. The molecule has 4 aromatic carbocycles. The van der Waals surface area contributed by atoms with Crippen LogP contribution in [0.25, 0.3) is 10.8 Å². The SMILES string of the molecule is COc1ccc2ccccc2c1OC1CN(C(c2ccccc2)c2ccccc2)C1.Cl. The lowest BCUT2D eigenvalue weighted by Gasteiger charge is -2.44. The summed E-state index contributed by atoms with van der Waals surface area (Å²) in [6.45, 7) is 1.75. The Morgan fingerprint density at radius 1 is 0.742 bits per heavy atom. The van der Waals surface area contributed by atoms with Gasteiger partial charge in [-0.2, -0.15) is 0 Å². The predicted octanol–water partition coefficient (Wildman–Crippen LogP) is 6.12. The molecule has 0 saturated carbocycles. The fraction of sp³-hybridized carbons (Fsp3) is 0.185. The summed E-state index contributed by atoms with van der Waals surface area (Å²) in [6, 6.07) is 34.0. The zero-order valence-corrected chi connectivity index (χ0v) is 18.3. The minimum Gasteiger partial charge on any atom is -0.493 e. The molecule has 0 bridgehead atoms. The molecular weight excluding hydrogens is 406 g/mol. The van der Waals surface area contributed by atoms with E-state index in [2.05, 4.69) is 83.8 Å². The highest BCUT2D eigenvalue weighted by Gasteiger charge is 2.36. The first-order valence-corrected chi connectivity index (χ1v) is 10.4. The molecule has 0 aromatic heterocycles. The maximum Gasteiger partial charge on any atom is 0.169 e. The number of likely N-dealkylation sites (tertiary alicyclic amines) is 1. The number of benzene rings is 4. The molecule has 1 aliphatic heterocycles. The number of hydrogen-bond donors (Lipinski definition) is 0. The van der Waals surface area contributed by atoms with E-state index in [1.165, 1.54) is 11.1 Å². The van der Waals surface area contributed by atoms with E-state index in [-0.39, 0.29) is 24.6 Å². The van der Waals surface area contributed by atoms with Crippen LogP contribution < -0.4 is 9.47 Å². The van der Waals surface area contributed by atoms with Gasteiger partial charge in [0.25, 0.3) is 0 Å². The van der Waals surface area contributed by atoms with Crippen LogP contribution in [0.4, 0.5) is 0 Å². The van der Waals surface area contributed by atoms with Gasteiger partial charge < -0.3 is 9.47 Å². The van der Waals surface area contributed by atoms with Gasteiger partial charge in [0.1, 0.15) is 6.10 Å². The topological polar surface area (TPSA) is 21.7 Å². The second kappa shape index (κ2) is 9.42. The number of methoxy groups -OCH3 is 1. The molecule has 4 aromatic rings. The molecule has 1 saturated heterocycles. The standard InChI is InChI=1S/C27H25NO2.ClH/c1-29-25-17-16-20-10-8-9-15-24(20)27(25)30-23-18-28(19-23)26(21-11-4-2-5-12-21)22-13-6-3-7-14-22;/h2-17,23,26H,18-19H2,1H3;1H. The number of nitrogens with zero attached hydrogens (tertiary/aromatic N) is 1. The second-order valence-corrected chi connectivity index (χ2v) is 7.74. The van der Waals surface area contributed by atoms with Crippen molar-refractivity contribution in [3.8, 4) is 11.5 Å².